The number of ether oxygens (including phenoxy) is 1. The Morgan fingerprint density at radius 1 is 1.28 bits per heavy atom. The Hall–Kier alpha value is -1.98. The number of amides is 2. The molecule has 0 bridgehead atoms. The normalized spacial score (nSPS) is 14.8. The number of hydrogen-bond donors (Lipinski definition) is 0. The fraction of sp³-hybridized carbons (Fsp3) is 0.333. The number of benzene rings is 1. The van der Waals surface area contributed by atoms with Crippen LogP contribution in [0.25, 0.3) is 0 Å². The number of rotatable bonds is 3. The van der Waals surface area contributed by atoms with Gasteiger partial charge in [0.05, 0.1) is 6.54 Å². The van der Waals surface area contributed by atoms with Crippen molar-refractivity contribution in [3.63, 3.8) is 0 Å². The topological polar surface area (TPSA) is 46.6 Å². The molecule has 4 nitrogen and oxygen atoms in total. The van der Waals surface area contributed by atoms with Gasteiger partial charge in [0.25, 0.3) is 0 Å². The van der Waals surface area contributed by atoms with Crippen LogP contribution in [0.3, 0.4) is 0 Å². The molecule has 2 amide bonds. The van der Waals surface area contributed by atoms with Gasteiger partial charge in [-0.15, -0.1) is 0 Å². The van der Waals surface area contributed by atoms with Crippen molar-refractivity contribution in [2.75, 3.05) is 13.2 Å². The SMILES string of the molecule is O=C(CCc1cc(F)cc(F)c1)N1CCOC1=O. The van der Waals surface area contributed by atoms with Crippen LogP contribution in [0.4, 0.5) is 13.6 Å². The zero-order valence-corrected chi connectivity index (χ0v) is 9.49. The van der Waals surface area contributed by atoms with E-state index in [1.54, 1.807) is 0 Å². The van der Waals surface area contributed by atoms with E-state index in [-0.39, 0.29) is 26.0 Å². The highest BCUT2D eigenvalue weighted by molar-refractivity contribution is 5.92. The van der Waals surface area contributed by atoms with E-state index in [9.17, 15) is 18.4 Å². The minimum Gasteiger partial charge on any atom is -0.447 e. The highest BCUT2D eigenvalue weighted by Gasteiger charge is 2.27. The number of imide groups is 1. The van der Waals surface area contributed by atoms with Crippen molar-refractivity contribution < 1.29 is 23.1 Å². The van der Waals surface area contributed by atoms with E-state index >= 15 is 0 Å². The average Bonchev–Trinajstić information content (AvgIpc) is 2.71. The lowest BCUT2D eigenvalue weighted by molar-refractivity contribution is -0.127. The molecule has 1 aliphatic rings. The average molecular weight is 255 g/mol. The second-order valence-electron chi connectivity index (χ2n) is 3.94. The Morgan fingerprint density at radius 2 is 1.94 bits per heavy atom. The van der Waals surface area contributed by atoms with Gasteiger partial charge in [0.2, 0.25) is 5.91 Å². The van der Waals surface area contributed by atoms with Gasteiger partial charge in [-0.25, -0.2) is 18.5 Å². The third-order valence-corrected chi connectivity index (χ3v) is 2.61. The van der Waals surface area contributed by atoms with Crippen LogP contribution in [0.15, 0.2) is 18.2 Å². The van der Waals surface area contributed by atoms with E-state index in [0.717, 1.165) is 11.0 Å². The molecule has 6 heteroatoms. The Labute approximate surface area is 102 Å². The van der Waals surface area contributed by atoms with Gasteiger partial charge in [0.1, 0.15) is 18.2 Å². The number of carbonyl (C=O) groups is 2. The molecular formula is C12H11F2NO3. The van der Waals surface area contributed by atoms with Crippen molar-refractivity contribution in [2.24, 2.45) is 0 Å². The Morgan fingerprint density at radius 3 is 2.50 bits per heavy atom. The van der Waals surface area contributed by atoms with Crippen LogP contribution in [0.5, 0.6) is 0 Å². The number of halogens is 2. The smallest absolute Gasteiger partial charge is 0.416 e. The third kappa shape index (κ3) is 2.82. The van der Waals surface area contributed by atoms with Gasteiger partial charge >= 0.3 is 6.09 Å². The first-order chi connectivity index (χ1) is 8.56. The molecule has 0 N–H and O–H groups in total. The summed E-state index contributed by atoms with van der Waals surface area (Å²) < 4.78 is 30.4. The summed E-state index contributed by atoms with van der Waals surface area (Å²) in [5.74, 6) is -1.77. The molecule has 0 unspecified atom stereocenters. The summed E-state index contributed by atoms with van der Waals surface area (Å²) in [7, 11) is 0. The lowest BCUT2D eigenvalue weighted by Crippen LogP contribution is -2.31. The predicted octanol–water partition coefficient (Wildman–Crippen LogP) is 1.88. The molecular weight excluding hydrogens is 244 g/mol. The highest BCUT2D eigenvalue weighted by atomic mass is 19.1. The van der Waals surface area contributed by atoms with Crippen molar-refractivity contribution in [1.29, 1.82) is 0 Å². The quantitative estimate of drug-likeness (QED) is 0.828. The van der Waals surface area contributed by atoms with Gasteiger partial charge in [0.15, 0.2) is 0 Å². The molecule has 1 saturated heterocycles. The van der Waals surface area contributed by atoms with Gasteiger partial charge < -0.3 is 4.74 Å². The first-order valence-corrected chi connectivity index (χ1v) is 5.48. The lowest BCUT2D eigenvalue weighted by atomic mass is 10.1. The van der Waals surface area contributed by atoms with Crippen LogP contribution in [0.1, 0.15) is 12.0 Å². The fourth-order valence-electron chi connectivity index (χ4n) is 1.76. The molecule has 2 rings (SSSR count). The second-order valence-corrected chi connectivity index (χ2v) is 3.94. The van der Waals surface area contributed by atoms with Crippen molar-refractivity contribution in [2.45, 2.75) is 12.8 Å². The monoisotopic (exact) mass is 255 g/mol. The Kier molecular flexibility index (Phi) is 3.55. The first kappa shape index (κ1) is 12.5. The van der Waals surface area contributed by atoms with E-state index in [1.165, 1.54) is 12.1 Å². The summed E-state index contributed by atoms with van der Waals surface area (Å²) in [4.78, 5) is 23.7. The number of cyclic esters (lactones) is 1. The molecule has 0 spiro atoms. The Bertz CT molecular complexity index is 470. The van der Waals surface area contributed by atoms with Crippen LogP contribution in [0.2, 0.25) is 0 Å². The van der Waals surface area contributed by atoms with Crippen LogP contribution in [-0.2, 0) is 16.0 Å². The molecule has 1 aromatic rings. The molecule has 0 aromatic heterocycles. The van der Waals surface area contributed by atoms with E-state index in [0.29, 0.717) is 5.56 Å². The lowest BCUT2D eigenvalue weighted by Gasteiger charge is -2.10. The molecule has 0 radical (unpaired) electrons. The number of nitrogens with zero attached hydrogens (tertiary/aromatic N) is 1. The molecule has 96 valence electrons. The molecule has 1 fully saturated rings. The molecule has 18 heavy (non-hydrogen) atoms. The summed E-state index contributed by atoms with van der Waals surface area (Å²) in [6.07, 6.45) is -0.472. The van der Waals surface area contributed by atoms with Crippen molar-refractivity contribution >= 4 is 12.0 Å². The number of hydrogen-bond acceptors (Lipinski definition) is 3. The minimum atomic E-state index is -0.682. The van der Waals surface area contributed by atoms with Crippen LogP contribution >= 0.6 is 0 Å². The second kappa shape index (κ2) is 5.12. The van der Waals surface area contributed by atoms with Gasteiger partial charge in [-0.2, -0.15) is 0 Å². The predicted molar refractivity (Wildman–Crippen MR) is 57.7 cm³/mol. The zero-order valence-electron chi connectivity index (χ0n) is 9.49. The van der Waals surface area contributed by atoms with Crippen molar-refractivity contribution in [3.8, 4) is 0 Å². The van der Waals surface area contributed by atoms with Gasteiger partial charge in [-0.3, -0.25) is 4.79 Å². The molecule has 0 atom stereocenters. The molecule has 1 aliphatic heterocycles. The maximum absolute atomic E-state index is 12.9. The maximum Gasteiger partial charge on any atom is 0.416 e. The molecule has 1 aromatic carbocycles. The number of carbonyl (C=O) groups excluding carboxylic acids is 2. The largest absolute Gasteiger partial charge is 0.447 e. The van der Waals surface area contributed by atoms with Crippen LogP contribution in [-0.4, -0.2) is 30.1 Å². The first-order valence-electron chi connectivity index (χ1n) is 5.48. The zero-order chi connectivity index (χ0) is 13.1. The van der Waals surface area contributed by atoms with Crippen molar-refractivity contribution in [1.82, 2.24) is 4.90 Å². The van der Waals surface area contributed by atoms with Crippen LogP contribution < -0.4 is 0 Å². The fourth-order valence-corrected chi connectivity index (χ4v) is 1.76. The maximum atomic E-state index is 12.9. The summed E-state index contributed by atoms with van der Waals surface area (Å²) in [6, 6.07) is 3.10. The highest BCUT2D eigenvalue weighted by Crippen LogP contribution is 2.12. The molecule has 0 aliphatic carbocycles. The van der Waals surface area contributed by atoms with Gasteiger partial charge in [-0.1, -0.05) is 0 Å². The van der Waals surface area contributed by atoms with E-state index < -0.39 is 23.6 Å². The van der Waals surface area contributed by atoms with Gasteiger partial charge in [0, 0.05) is 12.5 Å². The Balaban J connectivity index is 1.95. The standard InChI is InChI=1S/C12H11F2NO3/c13-9-5-8(6-10(14)7-9)1-2-11(16)15-3-4-18-12(15)17/h5-7H,1-4H2. The van der Waals surface area contributed by atoms with E-state index in [4.69, 9.17) is 0 Å². The summed E-state index contributed by atoms with van der Waals surface area (Å²) in [6.45, 7) is 0.425. The van der Waals surface area contributed by atoms with E-state index in [2.05, 4.69) is 4.74 Å². The summed E-state index contributed by atoms with van der Waals surface area (Å²) in [5.41, 5.74) is 0.383. The molecule has 0 saturated carbocycles. The van der Waals surface area contributed by atoms with E-state index in [1.807, 2.05) is 0 Å². The summed E-state index contributed by atoms with van der Waals surface area (Å²) in [5, 5.41) is 0. The van der Waals surface area contributed by atoms with Crippen LogP contribution in [0, 0.1) is 11.6 Å². The minimum absolute atomic E-state index is 0.0119. The number of aryl methyl sites for hydroxylation is 1. The third-order valence-electron chi connectivity index (χ3n) is 2.61. The van der Waals surface area contributed by atoms with Crippen molar-refractivity contribution in [3.05, 3.63) is 35.4 Å². The molecule has 1 heterocycles. The van der Waals surface area contributed by atoms with Gasteiger partial charge in [-0.05, 0) is 24.1 Å². The summed E-state index contributed by atoms with van der Waals surface area (Å²) >= 11 is 0.